The molecule has 5 rings (SSSR count). The van der Waals surface area contributed by atoms with Crippen molar-refractivity contribution in [3.8, 4) is 0 Å². The molecule has 31 heavy (non-hydrogen) atoms. The molecule has 0 radical (unpaired) electrons. The van der Waals surface area contributed by atoms with E-state index in [2.05, 4.69) is 9.89 Å². The first-order valence-corrected chi connectivity index (χ1v) is 11.9. The van der Waals surface area contributed by atoms with E-state index in [1.165, 1.54) is 6.42 Å². The maximum absolute atomic E-state index is 13.1. The van der Waals surface area contributed by atoms with Crippen molar-refractivity contribution in [2.75, 3.05) is 24.5 Å². The van der Waals surface area contributed by atoms with Crippen LogP contribution in [0, 0.1) is 5.92 Å². The number of allylic oxidation sites excluding steroid dienone is 1. The summed E-state index contributed by atoms with van der Waals surface area (Å²) in [5, 5.41) is 0. The normalized spacial score (nSPS) is 24.6. The molecule has 1 aromatic rings. The molecule has 0 spiro atoms. The molecular formula is C23H33N7O. The fourth-order valence-corrected chi connectivity index (χ4v) is 5.22. The van der Waals surface area contributed by atoms with Crippen LogP contribution >= 0.6 is 0 Å². The number of aryl methyl sites for hydroxylation is 1. The first kappa shape index (κ1) is 20.3. The Morgan fingerprint density at radius 3 is 2.52 bits per heavy atom. The Morgan fingerprint density at radius 2 is 1.77 bits per heavy atom. The van der Waals surface area contributed by atoms with Crippen LogP contribution in [-0.2, 0) is 17.6 Å². The van der Waals surface area contributed by atoms with Gasteiger partial charge in [0.25, 0.3) is 0 Å². The first-order chi connectivity index (χ1) is 15.1. The molecule has 2 saturated heterocycles. The van der Waals surface area contributed by atoms with E-state index < -0.39 is 0 Å². The molecule has 1 atom stereocenters. The van der Waals surface area contributed by atoms with Gasteiger partial charge in [-0.2, -0.15) is 4.98 Å². The Hall–Kier alpha value is -2.64. The molecule has 8 heteroatoms. The third-order valence-electron chi connectivity index (χ3n) is 7.24. The number of hydrogen-bond donors (Lipinski definition) is 2. The predicted octanol–water partition coefficient (Wildman–Crippen LogP) is 2.19. The monoisotopic (exact) mass is 423 g/mol. The number of anilines is 1. The Morgan fingerprint density at radius 1 is 0.968 bits per heavy atom. The fourth-order valence-electron chi connectivity index (χ4n) is 5.22. The molecule has 4 N–H and O–H groups in total. The summed E-state index contributed by atoms with van der Waals surface area (Å²) < 4.78 is 0. The summed E-state index contributed by atoms with van der Waals surface area (Å²) in [6.07, 6.45) is 12.2. The second kappa shape index (κ2) is 8.48. The molecule has 1 amide bonds. The second-order valence-corrected chi connectivity index (χ2v) is 9.32. The highest BCUT2D eigenvalue weighted by Gasteiger charge is 2.37. The van der Waals surface area contributed by atoms with Gasteiger partial charge in [0.2, 0.25) is 11.9 Å². The van der Waals surface area contributed by atoms with Crippen molar-refractivity contribution in [3.63, 3.8) is 0 Å². The number of nitrogens with two attached hydrogens (primary N) is 2. The molecule has 4 aliphatic rings. The van der Waals surface area contributed by atoms with Crippen LogP contribution in [0.15, 0.2) is 16.8 Å². The van der Waals surface area contributed by atoms with Gasteiger partial charge in [0.05, 0.1) is 5.69 Å². The van der Waals surface area contributed by atoms with Crippen LogP contribution in [-0.4, -0.2) is 52.3 Å². The van der Waals surface area contributed by atoms with Crippen molar-refractivity contribution in [3.05, 3.63) is 23.0 Å². The Kier molecular flexibility index (Phi) is 5.54. The second-order valence-electron chi connectivity index (χ2n) is 9.32. The smallest absolute Gasteiger partial charge is 0.245 e. The van der Waals surface area contributed by atoms with Gasteiger partial charge in [0.1, 0.15) is 11.9 Å². The fraction of sp³-hybridized carbons (Fsp3) is 0.652. The number of hydrogen-bond acceptors (Lipinski definition) is 6. The number of fused-ring (bicyclic) bond motifs is 1. The van der Waals surface area contributed by atoms with Crippen LogP contribution in [0.25, 0.3) is 0 Å². The van der Waals surface area contributed by atoms with Crippen LogP contribution in [0.2, 0.25) is 0 Å². The number of aliphatic imine (C=N–C) groups is 1. The van der Waals surface area contributed by atoms with Crippen LogP contribution in [0.4, 0.5) is 11.8 Å². The molecule has 0 bridgehead atoms. The number of likely N-dealkylation sites (tertiary alicyclic amines) is 1. The molecule has 166 valence electrons. The number of amidine groups is 1. The summed E-state index contributed by atoms with van der Waals surface area (Å²) >= 11 is 0. The summed E-state index contributed by atoms with van der Waals surface area (Å²) in [6.45, 7) is 2.54. The number of rotatable bonds is 5. The molecule has 3 heterocycles. The van der Waals surface area contributed by atoms with E-state index in [0.717, 1.165) is 94.4 Å². The molecule has 8 nitrogen and oxygen atoms in total. The highest BCUT2D eigenvalue weighted by molar-refractivity contribution is 5.94. The summed E-state index contributed by atoms with van der Waals surface area (Å²) in [7, 11) is 0. The summed E-state index contributed by atoms with van der Waals surface area (Å²) in [6, 6.07) is -0.166. The van der Waals surface area contributed by atoms with Crippen LogP contribution in [0.1, 0.15) is 62.6 Å². The van der Waals surface area contributed by atoms with E-state index in [1.54, 1.807) is 6.08 Å². The number of aromatic nitrogens is 2. The highest BCUT2D eigenvalue weighted by Crippen LogP contribution is 2.34. The lowest BCUT2D eigenvalue weighted by Gasteiger charge is -2.28. The van der Waals surface area contributed by atoms with Gasteiger partial charge >= 0.3 is 0 Å². The summed E-state index contributed by atoms with van der Waals surface area (Å²) in [5.74, 6) is 2.32. The maximum atomic E-state index is 13.1. The number of carbonyl (C=O) groups is 1. The summed E-state index contributed by atoms with van der Waals surface area (Å²) in [5.41, 5.74) is 15.4. The third-order valence-corrected chi connectivity index (χ3v) is 7.24. The minimum atomic E-state index is -0.166. The highest BCUT2D eigenvalue weighted by atomic mass is 16.2. The van der Waals surface area contributed by atoms with Crippen molar-refractivity contribution in [1.29, 1.82) is 0 Å². The van der Waals surface area contributed by atoms with Gasteiger partial charge in [-0.25, -0.2) is 9.98 Å². The Balaban J connectivity index is 1.43. The van der Waals surface area contributed by atoms with Gasteiger partial charge < -0.3 is 21.3 Å². The van der Waals surface area contributed by atoms with Crippen molar-refractivity contribution in [2.45, 2.75) is 70.3 Å². The Labute approximate surface area is 183 Å². The standard InChI is InChI=1S/C23H33N7O/c24-17(15-6-3-7-15)14-20(25)27-21-16-8-4-9-18(16)26-23(28-21)30-13-5-10-19(30)22(31)29-11-1-2-12-29/h14-15,19H,1-13,24H2,(H2,25,26,27,28)/b17-14-. The minimum absolute atomic E-state index is 0.166. The van der Waals surface area contributed by atoms with Crippen molar-refractivity contribution >= 4 is 23.5 Å². The molecule has 1 aromatic heterocycles. The average molecular weight is 424 g/mol. The maximum Gasteiger partial charge on any atom is 0.245 e. The topological polar surface area (TPSA) is 114 Å². The van der Waals surface area contributed by atoms with Crippen molar-refractivity contribution < 1.29 is 4.79 Å². The van der Waals surface area contributed by atoms with E-state index >= 15 is 0 Å². The van der Waals surface area contributed by atoms with E-state index in [0.29, 0.717) is 23.5 Å². The van der Waals surface area contributed by atoms with E-state index in [4.69, 9.17) is 21.4 Å². The van der Waals surface area contributed by atoms with E-state index in [9.17, 15) is 4.79 Å². The lowest BCUT2D eigenvalue weighted by Crippen LogP contribution is -2.45. The number of nitrogens with zero attached hydrogens (tertiary/aromatic N) is 5. The number of amides is 1. The Bertz CT molecular complexity index is 915. The van der Waals surface area contributed by atoms with Gasteiger partial charge in [-0.1, -0.05) is 6.42 Å². The average Bonchev–Trinajstić information content (AvgIpc) is 3.46. The van der Waals surface area contributed by atoms with Crippen molar-refractivity contribution in [1.82, 2.24) is 14.9 Å². The zero-order valence-electron chi connectivity index (χ0n) is 18.2. The van der Waals surface area contributed by atoms with Crippen LogP contribution in [0.5, 0.6) is 0 Å². The van der Waals surface area contributed by atoms with Crippen LogP contribution in [0.3, 0.4) is 0 Å². The molecule has 1 unspecified atom stereocenters. The SMILES string of the molecule is NC(/C=C(\N)C1CCC1)=Nc1nc(N2CCCC2C(=O)N2CCCC2)nc2c1CCC2. The van der Waals surface area contributed by atoms with Gasteiger partial charge in [-0.3, -0.25) is 4.79 Å². The minimum Gasteiger partial charge on any atom is -0.402 e. The third kappa shape index (κ3) is 4.00. The van der Waals surface area contributed by atoms with E-state index in [-0.39, 0.29) is 11.9 Å². The predicted molar refractivity (Wildman–Crippen MR) is 121 cm³/mol. The van der Waals surface area contributed by atoms with E-state index in [1.807, 2.05) is 4.90 Å². The lowest BCUT2D eigenvalue weighted by atomic mass is 9.83. The molecule has 0 aromatic carbocycles. The van der Waals surface area contributed by atoms with Gasteiger partial charge in [-0.05, 0) is 69.8 Å². The van der Waals surface area contributed by atoms with Crippen LogP contribution < -0.4 is 16.4 Å². The number of carbonyl (C=O) groups excluding carboxylic acids is 1. The zero-order valence-corrected chi connectivity index (χ0v) is 18.2. The quantitative estimate of drug-likeness (QED) is 0.554. The van der Waals surface area contributed by atoms with Crippen molar-refractivity contribution in [2.24, 2.45) is 22.4 Å². The molecule has 2 aliphatic heterocycles. The zero-order chi connectivity index (χ0) is 21.4. The van der Waals surface area contributed by atoms with Gasteiger partial charge in [0.15, 0.2) is 5.82 Å². The summed E-state index contributed by atoms with van der Waals surface area (Å²) in [4.78, 5) is 31.5. The molecule has 3 fully saturated rings. The lowest BCUT2D eigenvalue weighted by molar-refractivity contribution is -0.131. The molecule has 1 saturated carbocycles. The first-order valence-electron chi connectivity index (χ1n) is 11.9. The molecular weight excluding hydrogens is 390 g/mol. The van der Waals surface area contributed by atoms with Gasteiger partial charge in [0, 0.05) is 30.9 Å². The largest absolute Gasteiger partial charge is 0.402 e. The molecule has 2 aliphatic carbocycles. The van der Waals surface area contributed by atoms with Gasteiger partial charge in [-0.15, -0.1) is 0 Å².